The van der Waals surface area contributed by atoms with E-state index >= 15 is 0 Å². The van der Waals surface area contributed by atoms with Crippen molar-refractivity contribution in [2.75, 3.05) is 5.32 Å². The first kappa shape index (κ1) is 12.1. The van der Waals surface area contributed by atoms with Gasteiger partial charge in [-0.25, -0.2) is 0 Å². The van der Waals surface area contributed by atoms with Gasteiger partial charge in [-0.15, -0.1) is 0 Å². The maximum atomic E-state index is 10.8. The summed E-state index contributed by atoms with van der Waals surface area (Å²) in [6.45, 7) is 0.725. The molecule has 4 nitrogen and oxygen atoms in total. The first-order chi connectivity index (χ1) is 8.74. The Morgan fingerprint density at radius 1 is 1.17 bits per heavy atom. The summed E-state index contributed by atoms with van der Waals surface area (Å²) in [6, 6.07) is 11.6. The van der Waals surface area contributed by atoms with Crippen LogP contribution in [0.3, 0.4) is 0 Å². The van der Waals surface area contributed by atoms with E-state index in [0.717, 1.165) is 23.4 Å². The lowest BCUT2D eigenvalue weighted by atomic mass is 10.1. The van der Waals surface area contributed by atoms with E-state index in [2.05, 4.69) is 10.3 Å². The Kier molecular flexibility index (Phi) is 3.91. The summed E-state index contributed by atoms with van der Waals surface area (Å²) in [7, 11) is 0. The van der Waals surface area contributed by atoms with Crippen LogP contribution in [-0.4, -0.2) is 10.9 Å². The van der Waals surface area contributed by atoms with Crippen molar-refractivity contribution in [3.05, 3.63) is 59.9 Å². The lowest BCUT2D eigenvalue weighted by Crippen LogP contribution is -2.13. The lowest BCUT2D eigenvalue weighted by molar-refractivity contribution is -0.117. The van der Waals surface area contributed by atoms with Gasteiger partial charge in [-0.05, 0) is 29.3 Å². The first-order valence-electron chi connectivity index (χ1n) is 5.74. The minimum atomic E-state index is -0.314. The molecular formula is C14H15N3O. The normalized spacial score (nSPS) is 10.0. The number of benzene rings is 1. The van der Waals surface area contributed by atoms with Crippen LogP contribution in [-0.2, 0) is 17.8 Å². The molecule has 1 aromatic carbocycles. The van der Waals surface area contributed by atoms with Gasteiger partial charge >= 0.3 is 0 Å². The van der Waals surface area contributed by atoms with Crippen LogP contribution in [0.4, 0.5) is 5.69 Å². The van der Waals surface area contributed by atoms with Gasteiger partial charge in [0.15, 0.2) is 0 Å². The zero-order valence-corrected chi connectivity index (χ0v) is 9.97. The number of amides is 1. The summed E-state index contributed by atoms with van der Waals surface area (Å²) in [6.07, 6.45) is 3.86. The molecule has 0 saturated heterocycles. The summed E-state index contributed by atoms with van der Waals surface area (Å²) in [5.41, 5.74) is 8.19. The molecular weight excluding hydrogens is 226 g/mol. The van der Waals surface area contributed by atoms with Crippen molar-refractivity contribution < 1.29 is 4.79 Å². The molecule has 1 heterocycles. The first-order valence-corrected chi connectivity index (χ1v) is 5.74. The standard InChI is InChI=1S/C14H15N3O/c15-14(18)8-11-3-5-13(6-4-11)17-10-12-2-1-7-16-9-12/h1-7,9,17H,8,10H2,(H2,15,18). The average molecular weight is 241 g/mol. The molecule has 1 amide bonds. The molecule has 2 rings (SSSR count). The Bertz CT molecular complexity index is 508. The van der Waals surface area contributed by atoms with Gasteiger partial charge in [0.25, 0.3) is 0 Å². The number of rotatable bonds is 5. The molecule has 0 radical (unpaired) electrons. The molecule has 0 spiro atoms. The highest BCUT2D eigenvalue weighted by atomic mass is 16.1. The molecule has 92 valence electrons. The van der Waals surface area contributed by atoms with Gasteiger partial charge in [0.2, 0.25) is 5.91 Å². The van der Waals surface area contributed by atoms with Gasteiger partial charge in [-0.3, -0.25) is 9.78 Å². The quantitative estimate of drug-likeness (QED) is 0.837. The number of nitrogens with zero attached hydrogens (tertiary/aromatic N) is 1. The fourth-order valence-corrected chi connectivity index (χ4v) is 1.65. The van der Waals surface area contributed by atoms with Crippen LogP contribution in [0.15, 0.2) is 48.8 Å². The Hall–Kier alpha value is -2.36. The van der Waals surface area contributed by atoms with Crippen molar-refractivity contribution in [3.63, 3.8) is 0 Å². The predicted molar refractivity (Wildman–Crippen MR) is 70.9 cm³/mol. The topological polar surface area (TPSA) is 68.0 Å². The summed E-state index contributed by atoms with van der Waals surface area (Å²) < 4.78 is 0. The lowest BCUT2D eigenvalue weighted by Gasteiger charge is -2.06. The van der Waals surface area contributed by atoms with Crippen LogP contribution >= 0.6 is 0 Å². The molecule has 0 atom stereocenters. The molecule has 0 aliphatic carbocycles. The van der Waals surface area contributed by atoms with Crippen LogP contribution in [0.1, 0.15) is 11.1 Å². The number of carbonyl (C=O) groups excluding carboxylic acids is 1. The van der Waals surface area contributed by atoms with E-state index in [9.17, 15) is 4.79 Å². The van der Waals surface area contributed by atoms with Crippen LogP contribution in [0.2, 0.25) is 0 Å². The molecule has 0 aliphatic heterocycles. The second kappa shape index (κ2) is 5.82. The zero-order chi connectivity index (χ0) is 12.8. The maximum Gasteiger partial charge on any atom is 0.221 e. The Morgan fingerprint density at radius 3 is 2.56 bits per heavy atom. The van der Waals surface area contributed by atoms with Crippen molar-refractivity contribution >= 4 is 11.6 Å². The largest absolute Gasteiger partial charge is 0.381 e. The highest BCUT2D eigenvalue weighted by Gasteiger charge is 1.98. The fourth-order valence-electron chi connectivity index (χ4n) is 1.65. The predicted octanol–water partition coefficient (Wildman–Crippen LogP) is 1.72. The van der Waals surface area contributed by atoms with E-state index in [4.69, 9.17) is 5.73 Å². The monoisotopic (exact) mass is 241 g/mol. The molecule has 0 fully saturated rings. The Labute approximate surface area is 106 Å². The number of nitrogens with two attached hydrogens (primary N) is 1. The van der Waals surface area contributed by atoms with Crippen molar-refractivity contribution in [3.8, 4) is 0 Å². The van der Waals surface area contributed by atoms with E-state index in [1.165, 1.54) is 0 Å². The Balaban J connectivity index is 1.92. The molecule has 0 unspecified atom stereocenters. The third kappa shape index (κ3) is 3.59. The number of pyridine rings is 1. The van der Waals surface area contributed by atoms with Crippen molar-refractivity contribution in [1.82, 2.24) is 4.98 Å². The number of carbonyl (C=O) groups is 1. The molecule has 0 bridgehead atoms. The van der Waals surface area contributed by atoms with E-state index < -0.39 is 0 Å². The molecule has 1 aromatic heterocycles. The van der Waals surface area contributed by atoms with Gasteiger partial charge in [0.1, 0.15) is 0 Å². The summed E-state index contributed by atoms with van der Waals surface area (Å²) >= 11 is 0. The fraction of sp³-hybridized carbons (Fsp3) is 0.143. The van der Waals surface area contributed by atoms with Gasteiger partial charge in [0, 0.05) is 24.6 Å². The number of nitrogens with one attached hydrogen (secondary N) is 1. The third-order valence-corrected chi connectivity index (χ3v) is 2.55. The average Bonchev–Trinajstić information content (AvgIpc) is 2.38. The number of aromatic nitrogens is 1. The van der Waals surface area contributed by atoms with Crippen molar-refractivity contribution in [2.24, 2.45) is 5.73 Å². The number of hydrogen-bond donors (Lipinski definition) is 2. The number of hydrogen-bond acceptors (Lipinski definition) is 3. The highest BCUT2D eigenvalue weighted by Crippen LogP contribution is 2.11. The van der Waals surface area contributed by atoms with E-state index in [0.29, 0.717) is 0 Å². The van der Waals surface area contributed by atoms with Crippen LogP contribution < -0.4 is 11.1 Å². The SMILES string of the molecule is NC(=O)Cc1ccc(NCc2cccnc2)cc1. The highest BCUT2D eigenvalue weighted by molar-refractivity contribution is 5.76. The zero-order valence-electron chi connectivity index (χ0n) is 9.97. The molecule has 18 heavy (non-hydrogen) atoms. The van der Waals surface area contributed by atoms with Crippen molar-refractivity contribution in [1.29, 1.82) is 0 Å². The number of anilines is 1. The number of primary amides is 1. The van der Waals surface area contributed by atoms with Gasteiger partial charge < -0.3 is 11.1 Å². The second-order valence-electron chi connectivity index (χ2n) is 4.05. The minimum absolute atomic E-state index is 0.281. The second-order valence-corrected chi connectivity index (χ2v) is 4.05. The third-order valence-electron chi connectivity index (χ3n) is 2.55. The molecule has 4 heteroatoms. The summed E-state index contributed by atoms with van der Waals surface area (Å²) in [4.78, 5) is 14.8. The molecule has 0 saturated carbocycles. The Morgan fingerprint density at radius 2 is 1.94 bits per heavy atom. The van der Waals surface area contributed by atoms with Crippen LogP contribution in [0.5, 0.6) is 0 Å². The van der Waals surface area contributed by atoms with Crippen LogP contribution in [0.25, 0.3) is 0 Å². The van der Waals surface area contributed by atoms with Crippen LogP contribution in [0, 0.1) is 0 Å². The molecule has 2 aromatic rings. The smallest absolute Gasteiger partial charge is 0.221 e. The summed E-state index contributed by atoms with van der Waals surface area (Å²) in [5, 5.41) is 3.29. The van der Waals surface area contributed by atoms with E-state index in [1.54, 1.807) is 6.20 Å². The van der Waals surface area contributed by atoms with E-state index in [1.807, 2.05) is 42.6 Å². The van der Waals surface area contributed by atoms with Gasteiger partial charge in [0.05, 0.1) is 6.42 Å². The molecule has 0 aliphatic rings. The molecule has 3 N–H and O–H groups in total. The van der Waals surface area contributed by atoms with Gasteiger partial charge in [-0.2, -0.15) is 0 Å². The minimum Gasteiger partial charge on any atom is -0.381 e. The van der Waals surface area contributed by atoms with E-state index in [-0.39, 0.29) is 12.3 Å². The van der Waals surface area contributed by atoms with Crippen molar-refractivity contribution in [2.45, 2.75) is 13.0 Å². The van der Waals surface area contributed by atoms with Gasteiger partial charge in [-0.1, -0.05) is 18.2 Å². The maximum absolute atomic E-state index is 10.8. The summed E-state index contributed by atoms with van der Waals surface area (Å²) in [5.74, 6) is -0.314.